The molecule has 0 bridgehead atoms. The van der Waals surface area contributed by atoms with E-state index in [0.717, 1.165) is 52.7 Å². The van der Waals surface area contributed by atoms with Gasteiger partial charge in [-0.1, -0.05) is 31.2 Å². The number of carbonyl (C=O) groups excluding carboxylic acids is 2. The number of allylic oxidation sites excluding steroid dienone is 1. The fourth-order valence-corrected chi connectivity index (χ4v) is 5.40. The van der Waals surface area contributed by atoms with E-state index >= 15 is 0 Å². The van der Waals surface area contributed by atoms with Crippen LogP contribution in [0.3, 0.4) is 0 Å². The second kappa shape index (κ2) is 18.6. The number of carbonyl (C=O) groups is 2. The molecule has 0 radical (unpaired) electrons. The minimum atomic E-state index is -0.494. The number of aryl methyl sites for hydroxylation is 1. The Morgan fingerprint density at radius 2 is 1.82 bits per heavy atom. The Morgan fingerprint density at radius 1 is 1.11 bits per heavy atom. The predicted octanol–water partition coefficient (Wildman–Crippen LogP) is 6.07. The Bertz CT molecular complexity index is 1460. The number of anilines is 3. The summed E-state index contributed by atoms with van der Waals surface area (Å²) in [7, 11) is 4.06. The normalized spacial score (nSPS) is 12.2. The highest BCUT2D eigenvalue weighted by atomic mass is 35.5. The quantitative estimate of drug-likeness (QED) is 0.0536. The summed E-state index contributed by atoms with van der Waals surface area (Å²) < 4.78 is 5.48. The minimum absolute atomic E-state index is 0. The number of halogens is 1. The van der Waals surface area contributed by atoms with Gasteiger partial charge in [0.25, 0.3) is 0 Å². The molecule has 3 rings (SSSR count). The molecule has 0 aliphatic heterocycles. The molecule has 0 aliphatic rings. The van der Waals surface area contributed by atoms with E-state index in [1.54, 1.807) is 18.0 Å². The molecule has 1 unspecified atom stereocenters. The number of alkyl carbamates (subject to hydrolysis) is 1. The van der Waals surface area contributed by atoms with Crippen LogP contribution in [0.15, 0.2) is 53.9 Å². The monoisotopic (exact) mass is 675 g/mol. The Hall–Kier alpha value is -3.35. The second-order valence-corrected chi connectivity index (χ2v) is 12.6. The number of nitrogens with zero attached hydrogens (tertiary/aromatic N) is 4. The standard InChI is InChI=1S/C32H45N7O3S2.ClH/c1-21(12-13-30(43)44)25(22(2)39(20-40)19-24-18-36-23(3)37-31(24)33)14-17-42-32(41)35-16-15-34-28-10-6-9-27-26(28)8-7-11-29(27)38(4)5;/h6-11,18,20-21,30,34,43-44H,12-17,19H2,1-5H3,(H,35,41)(H2,33,36,37);1H. The fraction of sp³-hybridized carbons (Fsp3) is 0.438. The van der Waals surface area contributed by atoms with Crippen LogP contribution < -0.4 is 21.3 Å². The average Bonchev–Trinajstić information content (AvgIpc) is 2.99. The van der Waals surface area contributed by atoms with Gasteiger partial charge in [-0.15, -0.1) is 12.4 Å². The maximum atomic E-state index is 12.5. The van der Waals surface area contributed by atoms with Crippen LogP contribution in [0.1, 0.15) is 44.5 Å². The summed E-state index contributed by atoms with van der Waals surface area (Å²) in [6.45, 7) is 7.08. The summed E-state index contributed by atoms with van der Waals surface area (Å²) in [5.74, 6) is 1.01. The molecule has 0 saturated carbocycles. The zero-order valence-corrected chi connectivity index (χ0v) is 29.2. The first-order valence-electron chi connectivity index (χ1n) is 14.7. The summed E-state index contributed by atoms with van der Waals surface area (Å²) >= 11 is 8.80. The number of hydrogen-bond acceptors (Lipinski definition) is 10. The first-order valence-corrected chi connectivity index (χ1v) is 15.7. The third-order valence-corrected chi connectivity index (χ3v) is 8.05. The molecule has 1 aromatic heterocycles. The molecular weight excluding hydrogens is 630 g/mol. The van der Waals surface area contributed by atoms with E-state index in [4.69, 9.17) is 10.5 Å². The lowest BCUT2D eigenvalue weighted by molar-refractivity contribution is -0.117. The maximum absolute atomic E-state index is 12.5. The molecule has 3 aromatic rings. The molecule has 0 spiro atoms. The van der Waals surface area contributed by atoms with Crippen LogP contribution in [0.4, 0.5) is 22.0 Å². The highest BCUT2D eigenvalue weighted by Gasteiger charge is 2.19. The van der Waals surface area contributed by atoms with E-state index in [2.05, 4.69) is 75.9 Å². The number of benzene rings is 2. The van der Waals surface area contributed by atoms with E-state index in [1.165, 1.54) is 0 Å². The number of nitrogens with two attached hydrogens (primary N) is 1. The molecule has 246 valence electrons. The van der Waals surface area contributed by atoms with Gasteiger partial charge in [0, 0.05) is 77.8 Å². The third-order valence-electron chi connectivity index (χ3n) is 7.53. The van der Waals surface area contributed by atoms with Gasteiger partial charge in [-0.3, -0.25) is 4.79 Å². The number of rotatable bonds is 16. The maximum Gasteiger partial charge on any atom is 0.407 e. The van der Waals surface area contributed by atoms with Crippen LogP contribution in [0.5, 0.6) is 0 Å². The van der Waals surface area contributed by atoms with Gasteiger partial charge in [0.05, 0.1) is 13.2 Å². The van der Waals surface area contributed by atoms with E-state index in [9.17, 15) is 9.59 Å². The number of ether oxygens (including phenoxy) is 1. The molecule has 2 amide bonds. The van der Waals surface area contributed by atoms with Crippen molar-refractivity contribution in [1.82, 2.24) is 20.2 Å². The van der Waals surface area contributed by atoms with E-state index in [-0.39, 0.29) is 36.1 Å². The third kappa shape index (κ3) is 11.2. The van der Waals surface area contributed by atoms with Crippen molar-refractivity contribution >= 4 is 78.1 Å². The Kier molecular flexibility index (Phi) is 15.6. The van der Waals surface area contributed by atoms with Crippen LogP contribution in [0.25, 0.3) is 10.8 Å². The molecule has 4 N–H and O–H groups in total. The predicted molar refractivity (Wildman–Crippen MR) is 194 cm³/mol. The summed E-state index contributed by atoms with van der Waals surface area (Å²) in [4.78, 5) is 36.8. The number of thiol groups is 2. The molecule has 45 heavy (non-hydrogen) atoms. The van der Waals surface area contributed by atoms with Crippen molar-refractivity contribution in [2.75, 3.05) is 49.7 Å². The summed E-state index contributed by atoms with van der Waals surface area (Å²) in [6, 6.07) is 12.4. The van der Waals surface area contributed by atoms with Gasteiger partial charge in [0.2, 0.25) is 6.41 Å². The average molecular weight is 676 g/mol. The zero-order chi connectivity index (χ0) is 32.2. The second-order valence-electron chi connectivity index (χ2n) is 10.9. The van der Waals surface area contributed by atoms with Crippen molar-refractivity contribution < 1.29 is 14.3 Å². The van der Waals surface area contributed by atoms with Crippen molar-refractivity contribution in [2.24, 2.45) is 5.92 Å². The molecule has 2 aromatic carbocycles. The van der Waals surface area contributed by atoms with E-state index < -0.39 is 6.09 Å². The first-order chi connectivity index (χ1) is 21.0. The lowest BCUT2D eigenvalue weighted by atomic mass is 9.92. The largest absolute Gasteiger partial charge is 0.449 e. The highest BCUT2D eigenvalue weighted by molar-refractivity contribution is 7.99. The molecule has 10 nitrogen and oxygen atoms in total. The molecule has 0 saturated heterocycles. The highest BCUT2D eigenvalue weighted by Crippen LogP contribution is 2.31. The van der Waals surface area contributed by atoms with Gasteiger partial charge in [-0.25, -0.2) is 14.8 Å². The summed E-state index contributed by atoms with van der Waals surface area (Å²) in [6.07, 6.45) is 3.99. The number of fused-ring (bicyclic) bond motifs is 1. The van der Waals surface area contributed by atoms with Gasteiger partial charge in [0.1, 0.15) is 11.6 Å². The van der Waals surface area contributed by atoms with Crippen molar-refractivity contribution in [1.29, 1.82) is 0 Å². The molecular formula is C32H46ClN7O3S2. The van der Waals surface area contributed by atoms with Gasteiger partial charge < -0.3 is 30.9 Å². The summed E-state index contributed by atoms with van der Waals surface area (Å²) in [5, 5.41) is 8.51. The number of nitrogen functional groups attached to an aromatic ring is 1. The Balaban J connectivity index is 0.00000705. The number of aromatic nitrogens is 2. The van der Waals surface area contributed by atoms with E-state index in [1.807, 2.05) is 39.2 Å². The Morgan fingerprint density at radius 3 is 2.49 bits per heavy atom. The van der Waals surface area contributed by atoms with Crippen molar-refractivity contribution in [3.05, 3.63) is 65.3 Å². The van der Waals surface area contributed by atoms with Crippen molar-refractivity contribution in [3.8, 4) is 0 Å². The van der Waals surface area contributed by atoms with Crippen LogP contribution in [-0.2, 0) is 16.1 Å². The first kappa shape index (κ1) is 37.8. The van der Waals surface area contributed by atoms with Crippen LogP contribution in [0, 0.1) is 12.8 Å². The van der Waals surface area contributed by atoms with Crippen LogP contribution >= 0.6 is 37.7 Å². The molecule has 0 fully saturated rings. The fourth-order valence-electron chi connectivity index (χ4n) is 5.10. The zero-order valence-electron chi connectivity index (χ0n) is 26.6. The van der Waals surface area contributed by atoms with Gasteiger partial charge in [-0.2, -0.15) is 25.3 Å². The smallest absolute Gasteiger partial charge is 0.407 e. The lowest BCUT2D eigenvalue weighted by Gasteiger charge is -2.26. The SMILES string of the molecule is CC(=C(CCOC(=O)NCCNc1cccc2c(N(C)C)cccc12)C(C)CCC(S)S)N(C=O)Cc1cnc(C)nc1N.Cl. The van der Waals surface area contributed by atoms with Crippen molar-refractivity contribution in [3.63, 3.8) is 0 Å². The minimum Gasteiger partial charge on any atom is -0.449 e. The number of amides is 2. The van der Waals surface area contributed by atoms with Gasteiger partial charge in [0.15, 0.2) is 0 Å². The molecule has 0 aliphatic carbocycles. The number of nitrogens with one attached hydrogen (secondary N) is 2. The topological polar surface area (TPSA) is 126 Å². The van der Waals surface area contributed by atoms with E-state index in [0.29, 0.717) is 36.7 Å². The molecule has 1 atom stereocenters. The van der Waals surface area contributed by atoms with Gasteiger partial charge in [-0.05, 0) is 50.3 Å². The number of hydrogen-bond donors (Lipinski definition) is 5. The molecule has 1 heterocycles. The van der Waals surface area contributed by atoms with Crippen molar-refractivity contribution in [2.45, 2.75) is 51.2 Å². The van der Waals surface area contributed by atoms with Crippen LogP contribution in [-0.4, -0.2) is 65.7 Å². The Labute approximate surface area is 283 Å². The van der Waals surface area contributed by atoms with Crippen LogP contribution in [0.2, 0.25) is 0 Å². The van der Waals surface area contributed by atoms with Gasteiger partial charge >= 0.3 is 6.09 Å². The lowest BCUT2D eigenvalue weighted by Crippen LogP contribution is -2.30. The summed E-state index contributed by atoms with van der Waals surface area (Å²) in [5.41, 5.74) is 10.7. The molecule has 13 heteroatoms.